The number of fused-ring (bicyclic) bond motifs is 1. The number of imidazole rings is 1. The topological polar surface area (TPSA) is 101 Å². The molecule has 1 unspecified atom stereocenters. The third-order valence-corrected chi connectivity index (χ3v) is 6.01. The number of nitrogens with one attached hydrogen (secondary N) is 2. The molecule has 3 heterocycles. The van der Waals surface area contributed by atoms with Gasteiger partial charge in [-0.2, -0.15) is 0 Å². The molecule has 3 aromatic heterocycles. The van der Waals surface area contributed by atoms with E-state index in [-0.39, 0.29) is 10.9 Å². The summed E-state index contributed by atoms with van der Waals surface area (Å²) in [5, 5.41) is 6.34. The van der Waals surface area contributed by atoms with Crippen molar-refractivity contribution in [1.82, 2.24) is 19.4 Å². The first-order valence-corrected chi connectivity index (χ1v) is 11.2. The SMILES string of the molecule is CNc1cc(NC(C)c2cn3cc(C4CC4)cc(S(C)(=O)=O)c3n2)nc(C)n1. The lowest BCUT2D eigenvalue weighted by atomic mass is 10.2. The molecule has 28 heavy (non-hydrogen) atoms. The van der Waals surface area contributed by atoms with Crippen LogP contribution in [0.3, 0.4) is 0 Å². The van der Waals surface area contributed by atoms with Crippen molar-refractivity contribution in [3.63, 3.8) is 0 Å². The van der Waals surface area contributed by atoms with E-state index in [4.69, 9.17) is 0 Å². The molecule has 0 radical (unpaired) electrons. The highest BCUT2D eigenvalue weighted by atomic mass is 32.2. The van der Waals surface area contributed by atoms with Crippen molar-refractivity contribution in [2.45, 2.75) is 43.5 Å². The number of rotatable bonds is 6. The monoisotopic (exact) mass is 400 g/mol. The summed E-state index contributed by atoms with van der Waals surface area (Å²) in [6, 6.07) is 3.45. The van der Waals surface area contributed by atoms with Gasteiger partial charge < -0.3 is 15.0 Å². The second-order valence-electron chi connectivity index (χ2n) is 7.38. The Balaban J connectivity index is 1.72. The summed E-state index contributed by atoms with van der Waals surface area (Å²) < 4.78 is 26.5. The van der Waals surface area contributed by atoms with Crippen LogP contribution >= 0.6 is 0 Å². The van der Waals surface area contributed by atoms with Gasteiger partial charge in [0.05, 0.1) is 11.7 Å². The Hall–Kier alpha value is -2.68. The molecule has 148 valence electrons. The fourth-order valence-electron chi connectivity index (χ4n) is 3.29. The van der Waals surface area contributed by atoms with Crippen molar-refractivity contribution in [3.8, 4) is 0 Å². The third kappa shape index (κ3) is 3.66. The molecular formula is C19H24N6O2S. The number of aryl methyl sites for hydroxylation is 1. The second-order valence-corrected chi connectivity index (χ2v) is 9.37. The first-order chi connectivity index (χ1) is 13.2. The van der Waals surface area contributed by atoms with Gasteiger partial charge in [0.25, 0.3) is 0 Å². The number of nitrogens with zero attached hydrogens (tertiary/aromatic N) is 4. The maximum absolute atomic E-state index is 12.3. The summed E-state index contributed by atoms with van der Waals surface area (Å²) in [6.45, 7) is 3.81. The molecule has 0 amide bonds. The van der Waals surface area contributed by atoms with Crippen molar-refractivity contribution >= 4 is 27.1 Å². The Bertz CT molecular complexity index is 1150. The Labute approximate surface area is 164 Å². The zero-order chi connectivity index (χ0) is 20.1. The molecule has 0 spiro atoms. The van der Waals surface area contributed by atoms with E-state index in [1.807, 2.05) is 36.7 Å². The summed E-state index contributed by atoms with van der Waals surface area (Å²) >= 11 is 0. The summed E-state index contributed by atoms with van der Waals surface area (Å²) in [6.07, 6.45) is 7.33. The van der Waals surface area contributed by atoms with Gasteiger partial charge in [0.2, 0.25) is 0 Å². The van der Waals surface area contributed by atoms with E-state index in [0.29, 0.717) is 23.2 Å². The lowest BCUT2D eigenvalue weighted by Gasteiger charge is -2.13. The Morgan fingerprint density at radius 1 is 1.14 bits per heavy atom. The normalized spacial score (nSPS) is 15.6. The second kappa shape index (κ2) is 6.73. The highest BCUT2D eigenvalue weighted by Crippen LogP contribution is 2.41. The van der Waals surface area contributed by atoms with Gasteiger partial charge in [-0.05, 0) is 44.2 Å². The average molecular weight is 401 g/mol. The van der Waals surface area contributed by atoms with Crippen molar-refractivity contribution in [2.75, 3.05) is 23.9 Å². The number of hydrogen-bond acceptors (Lipinski definition) is 7. The molecule has 1 saturated carbocycles. The fourth-order valence-corrected chi connectivity index (χ4v) is 4.13. The number of aromatic nitrogens is 4. The molecule has 1 aliphatic rings. The third-order valence-electron chi connectivity index (χ3n) is 4.91. The molecule has 1 aliphatic carbocycles. The van der Waals surface area contributed by atoms with Crippen LogP contribution in [0.25, 0.3) is 5.65 Å². The van der Waals surface area contributed by atoms with E-state index in [0.717, 1.165) is 29.9 Å². The maximum atomic E-state index is 12.3. The largest absolute Gasteiger partial charge is 0.373 e. The van der Waals surface area contributed by atoms with Gasteiger partial charge in [-0.3, -0.25) is 0 Å². The van der Waals surface area contributed by atoms with Crippen molar-refractivity contribution in [1.29, 1.82) is 0 Å². The molecule has 3 aromatic rings. The van der Waals surface area contributed by atoms with Gasteiger partial charge in [0, 0.05) is 31.8 Å². The van der Waals surface area contributed by atoms with Crippen molar-refractivity contribution < 1.29 is 8.42 Å². The molecule has 9 heteroatoms. The van der Waals surface area contributed by atoms with Crippen LogP contribution in [-0.4, -0.2) is 41.1 Å². The van der Waals surface area contributed by atoms with E-state index < -0.39 is 9.84 Å². The van der Waals surface area contributed by atoms with Crippen molar-refractivity contribution in [3.05, 3.63) is 41.6 Å². The lowest BCUT2D eigenvalue weighted by Crippen LogP contribution is -2.10. The minimum Gasteiger partial charge on any atom is -0.373 e. The highest BCUT2D eigenvalue weighted by Gasteiger charge is 2.27. The van der Waals surface area contributed by atoms with Crippen LogP contribution in [0, 0.1) is 6.92 Å². The van der Waals surface area contributed by atoms with Crippen LogP contribution in [-0.2, 0) is 9.84 Å². The van der Waals surface area contributed by atoms with Crippen LogP contribution in [0.5, 0.6) is 0 Å². The zero-order valence-corrected chi connectivity index (χ0v) is 17.2. The van der Waals surface area contributed by atoms with Crippen LogP contribution in [0.15, 0.2) is 29.4 Å². The number of sulfone groups is 1. The smallest absolute Gasteiger partial charge is 0.179 e. The van der Waals surface area contributed by atoms with E-state index in [9.17, 15) is 8.42 Å². The average Bonchev–Trinajstić information content (AvgIpc) is 3.38. The molecule has 0 bridgehead atoms. The van der Waals surface area contributed by atoms with Gasteiger partial charge in [-0.25, -0.2) is 23.4 Å². The van der Waals surface area contributed by atoms with Crippen molar-refractivity contribution in [2.24, 2.45) is 0 Å². The van der Waals surface area contributed by atoms with Gasteiger partial charge in [-0.15, -0.1) is 0 Å². The lowest BCUT2D eigenvalue weighted by molar-refractivity contribution is 0.602. The van der Waals surface area contributed by atoms with E-state index in [1.54, 1.807) is 13.1 Å². The maximum Gasteiger partial charge on any atom is 0.179 e. The molecule has 8 nitrogen and oxygen atoms in total. The molecule has 0 aromatic carbocycles. The van der Waals surface area contributed by atoms with Gasteiger partial charge in [0.1, 0.15) is 22.4 Å². The summed E-state index contributed by atoms with van der Waals surface area (Å²) in [5.41, 5.74) is 2.27. The minimum atomic E-state index is -3.38. The molecule has 1 atom stereocenters. The molecule has 0 aliphatic heterocycles. The van der Waals surface area contributed by atoms with E-state index in [1.165, 1.54) is 6.26 Å². The standard InChI is InChI=1S/C19H24N6O2S/c1-11(21-18-8-17(20-3)22-12(2)23-18)15-10-25-9-14(13-5-6-13)7-16(19(25)24-15)28(4,26)27/h7-11,13H,5-6H2,1-4H3,(H2,20,21,22,23). The Kier molecular flexibility index (Phi) is 4.49. The van der Waals surface area contributed by atoms with Crippen LogP contribution in [0.2, 0.25) is 0 Å². The predicted octanol–water partition coefficient (Wildman–Crippen LogP) is 2.93. The fraction of sp³-hybridized carbons (Fsp3) is 0.421. The Morgan fingerprint density at radius 3 is 2.50 bits per heavy atom. The van der Waals surface area contributed by atoms with Gasteiger partial charge >= 0.3 is 0 Å². The predicted molar refractivity (Wildman–Crippen MR) is 109 cm³/mol. The number of anilines is 2. The van der Waals surface area contributed by atoms with Crippen LogP contribution in [0.1, 0.15) is 48.8 Å². The number of pyridine rings is 1. The summed E-state index contributed by atoms with van der Waals surface area (Å²) in [5.74, 6) is 2.52. The molecule has 0 saturated heterocycles. The van der Waals surface area contributed by atoms with Gasteiger partial charge in [0.15, 0.2) is 15.5 Å². The highest BCUT2D eigenvalue weighted by molar-refractivity contribution is 7.91. The quantitative estimate of drug-likeness (QED) is 0.656. The first-order valence-electron chi connectivity index (χ1n) is 9.27. The molecule has 2 N–H and O–H groups in total. The summed E-state index contributed by atoms with van der Waals surface area (Å²) in [4.78, 5) is 13.6. The van der Waals surface area contributed by atoms with E-state index in [2.05, 4.69) is 25.6 Å². The molecule has 1 fully saturated rings. The van der Waals surface area contributed by atoms with Gasteiger partial charge in [-0.1, -0.05) is 0 Å². The zero-order valence-electron chi connectivity index (χ0n) is 16.4. The number of hydrogen-bond donors (Lipinski definition) is 2. The minimum absolute atomic E-state index is 0.157. The first kappa shape index (κ1) is 18.7. The molecule has 4 rings (SSSR count). The van der Waals surface area contributed by atoms with Crippen LogP contribution < -0.4 is 10.6 Å². The molecular weight excluding hydrogens is 376 g/mol. The Morgan fingerprint density at radius 2 is 1.86 bits per heavy atom. The van der Waals surface area contributed by atoms with Crippen LogP contribution in [0.4, 0.5) is 11.6 Å². The summed E-state index contributed by atoms with van der Waals surface area (Å²) in [7, 11) is -1.57. The van der Waals surface area contributed by atoms with E-state index >= 15 is 0 Å².